The van der Waals surface area contributed by atoms with E-state index in [1.807, 2.05) is 35.7 Å². The number of amides is 3. The number of anilines is 2. The van der Waals surface area contributed by atoms with Gasteiger partial charge in [-0.1, -0.05) is 36.4 Å². The standard InChI is InChI=1S/C27H20FN3O3S/c28-21-11-9-19(10-12-21)23-17-35-27(29-23)30(16-18-5-2-1-3-6-18)26(34)20-7-4-8-22(15-20)31-24(32)13-14-25(31)33/h1-12,15,17H,13-14,16H2. The van der Waals surface area contributed by atoms with Crippen molar-refractivity contribution in [2.45, 2.75) is 19.4 Å². The van der Waals surface area contributed by atoms with Crippen molar-refractivity contribution in [1.29, 1.82) is 0 Å². The van der Waals surface area contributed by atoms with Gasteiger partial charge < -0.3 is 0 Å². The van der Waals surface area contributed by atoms with E-state index >= 15 is 0 Å². The second kappa shape index (κ2) is 9.60. The summed E-state index contributed by atoms with van der Waals surface area (Å²) in [4.78, 5) is 45.5. The van der Waals surface area contributed by atoms with E-state index in [0.29, 0.717) is 22.1 Å². The number of carbonyl (C=O) groups is 3. The molecule has 0 aliphatic carbocycles. The van der Waals surface area contributed by atoms with E-state index in [1.54, 1.807) is 41.3 Å². The van der Waals surface area contributed by atoms with E-state index in [-0.39, 0.29) is 42.9 Å². The van der Waals surface area contributed by atoms with Crippen molar-refractivity contribution in [3.8, 4) is 11.3 Å². The maximum Gasteiger partial charge on any atom is 0.260 e. The summed E-state index contributed by atoms with van der Waals surface area (Å²) in [5.41, 5.74) is 3.02. The van der Waals surface area contributed by atoms with E-state index in [0.717, 1.165) is 16.0 Å². The van der Waals surface area contributed by atoms with Gasteiger partial charge in [0, 0.05) is 29.3 Å². The largest absolute Gasteiger partial charge is 0.279 e. The van der Waals surface area contributed by atoms with Crippen LogP contribution in [0, 0.1) is 5.82 Å². The van der Waals surface area contributed by atoms with Gasteiger partial charge in [0.05, 0.1) is 17.9 Å². The van der Waals surface area contributed by atoms with E-state index < -0.39 is 0 Å². The van der Waals surface area contributed by atoms with Crippen LogP contribution in [0.25, 0.3) is 11.3 Å². The van der Waals surface area contributed by atoms with Crippen LogP contribution < -0.4 is 9.80 Å². The van der Waals surface area contributed by atoms with Crippen LogP contribution in [0.3, 0.4) is 0 Å². The summed E-state index contributed by atoms with van der Waals surface area (Å²) in [5.74, 6) is -1.19. The molecule has 0 unspecified atom stereocenters. The Morgan fingerprint density at radius 3 is 2.37 bits per heavy atom. The molecule has 1 aliphatic heterocycles. The topological polar surface area (TPSA) is 70.6 Å². The molecule has 1 fully saturated rings. The highest BCUT2D eigenvalue weighted by atomic mass is 32.1. The minimum Gasteiger partial charge on any atom is -0.279 e. The summed E-state index contributed by atoms with van der Waals surface area (Å²) in [6.45, 7) is 0.280. The Morgan fingerprint density at radius 1 is 0.943 bits per heavy atom. The Balaban J connectivity index is 1.50. The fourth-order valence-corrected chi connectivity index (χ4v) is 4.76. The lowest BCUT2D eigenvalue weighted by molar-refractivity contribution is -0.121. The first kappa shape index (κ1) is 22.6. The molecule has 0 saturated carbocycles. The van der Waals surface area contributed by atoms with E-state index in [1.165, 1.54) is 23.5 Å². The summed E-state index contributed by atoms with van der Waals surface area (Å²) < 4.78 is 13.3. The van der Waals surface area contributed by atoms with Gasteiger partial charge in [-0.3, -0.25) is 24.2 Å². The average Bonchev–Trinajstić information content (AvgIpc) is 3.50. The number of aromatic nitrogens is 1. The molecule has 2 heterocycles. The number of imide groups is 1. The van der Waals surface area contributed by atoms with Crippen molar-refractivity contribution in [2.24, 2.45) is 0 Å². The van der Waals surface area contributed by atoms with Gasteiger partial charge in [0.15, 0.2) is 5.13 Å². The summed E-state index contributed by atoms with van der Waals surface area (Å²) in [6.07, 6.45) is 0.338. The molecule has 0 N–H and O–H groups in total. The van der Waals surface area contributed by atoms with Gasteiger partial charge in [0.2, 0.25) is 11.8 Å². The van der Waals surface area contributed by atoms with E-state index in [9.17, 15) is 18.8 Å². The van der Waals surface area contributed by atoms with Gasteiger partial charge >= 0.3 is 0 Å². The van der Waals surface area contributed by atoms with Crippen LogP contribution in [-0.2, 0) is 16.1 Å². The molecule has 4 aromatic rings. The van der Waals surface area contributed by atoms with Crippen LogP contribution in [0.4, 0.5) is 15.2 Å². The number of rotatable bonds is 6. The van der Waals surface area contributed by atoms with Crippen LogP contribution in [-0.4, -0.2) is 22.7 Å². The lowest BCUT2D eigenvalue weighted by Crippen LogP contribution is -2.31. The Kier molecular flexibility index (Phi) is 6.20. The second-order valence-electron chi connectivity index (χ2n) is 8.07. The fourth-order valence-electron chi connectivity index (χ4n) is 3.93. The highest BCUT2D eigenvalue weighted by Crippen LogP contribution is 2.31. The molecule has 5 rings (SSSR count). The van der Waals surface area contributed by atoms with Gasteiger partial charge in [-0.2, -0.15) is 0 Å². The molecule has 0 bridgehead atoms. The normalized spacial score (nSPS) is 13.3. The summed E-state index contributed by atoms with van der Waals surface area (Å²) in [7, 11) is 0. The summed E-state index contributed by atoms with van der Waals surface area (Å²) in [6, 6.07) is 22.1. The molecule has 0 spiro atoms. The predicted molar refractivity (Wildman–Crippen MR) is 133 cm³/mol. The van der Waals surface area contributed by atoms with Crippen LogP contribution in [0.5, 0.6) is 0 Å². The molecule has 0 atom stereocenters. The minimum absolute atomic E-state index is 0.169. The number of benzene rings is 3. The molecule has 1 saturated heterocycles. The van der Waals surface area contributed by atoms with E-state index in [4.69, 9.17) is 0 Å². The van der Waals surface area contributed by atoms with Crippen molar-refractivity contribution in [3.63, 3.8) is 0 Å². The van der Waals surface area contributed by atoms with Crippen LogP contribution in [0.2, 0.25) is 0 Å². The zero-order valence-electron chi connectivity index (χ0n) is 18.6. The molecule has 6 nitrogen and oxygen atoms in total. The monoisotopic (exact) mass is 485 g/mol. The molecule has 1 aliphatic rings. The molecule has 3 aromatic carbocycles. The van der Waals surface area contributed by atoms with Gasteiger partial charge in [0.25, 0.3) is 5.91 Å². The highest BCUT2D eigenvalue weighted by molar-refractivity contribution is 7.14. The number of nitrogens with zero attached hydrogens (tertiary/aromatic N) is 3. The molecule has 35 heavy (non-hydrogen) atoms. The van der Waals surface area contributed by atoms with Crippen molar-refractivity contribution in [2.75, 3.05) is 9.80 Å². The number of hydrogen-bond donors (Lipinski definition) is 0. The lowest BCUT2D eigenvalue weighted by atomic mass is 10.1. The first-order chi connectivity index (χ1) is 17.0. The van der Waals surface area contributed by atoms with Crippen molar-refractivity contribution >= 4 is 39.9 Å². The SMILES string of the molecule is O=C(c1cccc(N2C(=O)CCC2=O)c1)N(Cc1ccccc1)c1nc(-c2ccc(F)cc2)cs1. The minimum atomic E-state index is -0.333. The van der Waals surface area contributed by atoms with Crippen molar-refractivity contribution in [1.82, 2.24) is 4.98 Å². The smallest absolute Gasteiger partial charge is 0.260 e. The van der Waals surface area contributed by atoms with Crippen molar-refractivity contribution < 1.29 is 18.8 Å². The molecule has 8 heteroatoms. The third-order valence-corrected chi connectivity index (χ3v) is 6.56. The number of halogens is 1. The van der Waals surface area contributed by atoms with Crippen LogP contribution >= 0.6 is 11.3 Å². The number of hydrogen-bond acceptors (Lipinski definition) is 5. The van der Waals surface area contributed by atoms with Gasteiger partial charge in [-0.25, -0.2) is 9.37 Å². The maximum atomic E-state index is 13.7. The third-order valence-electron chi connectivity index (χ3n) is 5.69. The Bertz CT molecular complexity index is 1390. The molecular weight excluding hydrogens is 465 g/mol. The maximum absolute atomic E-state index is 13.7. The van der Waals surface area contributed by atoms with Gasteiger partial charge in [-0.05, 0) is 48.0 Å². The lowest BCUT2D eigenvalue weighted by Gasteiger charge is -2.21. The zero-order valence-corrected chi connectivity index (χ0v) is 19.4. The molecule has 1 aromatic heterocycles. The fraction of sp³-hybridized carbons (Fsp3) is 0.111. The number of carbonyl (C=O) groups excluding carboxylic acids is 3. The Labute approximate surface area is 205 Å². The zero-order chi connectivity index (χ0) is 24.4. The molecule has 0 radical (unpaired) electrons. The second-order valence-corrected chi connectivity index (χ2v) is 8.91. The van der Waals surface area contributed by atoms with E-state index in [2.05, 4.69) is 4.98 Å². The van der Waals surface area contributed by atoms with Crippen LogP contribution in [0.15, 0.2) is 84.2 Å². The van der Waals surface area contributed by atoms with Gasteiger partial charge in [0.1, 0.15) is 5.82 Å². The first-order valence-corrected chi connectivity index (χ1v) is 11.9. The highest BCUT2D eigenvalue weighted by Gasteiger charge is 2.31. The third kappa shape index (κ3) is 4.74. The molecule has 174 valence electrons. The van der Waals surface area contributed by atoms with Gasteiger partial charge in [-0.15, -0.1) is 11.3 Å². The summed E-state index contributed by atoms with van der Waals surface area (Å²) in [5, 5.41) is 2.31. The Morgan fingerprint density at radius 2 is 1.66 bits per heavy atom. The predicted octanol–water partition coefficient (Wildman–Crippen LogP) is 5.45. The Hall–Kier alpha value is -4.17. The summed E-state index contributed by atoms with van der Waals surface area (Å²) >= 11 is 1.31. The number of thiazole rings is 1. The van der Waals surface area contributed by atoms with Crippen LogP contribution in [0.1, 0.15) is 28.8 Å². The molecule has 3 amide bonds. The van der Waals surface area contributed by atoms with Crippen molar-refractivity contribution in [3.05, 3.63) is 101 Å². The average molecular weight is 486 g/mol. The quantitative estimate of drug-likeness (QED) is 0.341. The molecular formula is C27H20FN3O3S. The first-order valence-electron chi connectivity index (χ1n) is 11.0.